The molecule has 0 amide bonds. The van der Waals surface area contributed by atoms with Crippen LogP contribution in [0.25, 0.3) is 0 Å². The Morgan fingerprint density at radius 3 is 3.05 bits per heavy atom. The molecule has 1 saturated heterocycles. The number of nitrogens with zero attached hydrogens (tertiary/aromatic N) is 3. The van der Waals surface area contributed by atoms with Gasteiger partial charge in [0.1, 0.15) is 0 Å². The fourth-order valence-electron chi connectivity index (χ4n) is 2.66. The molecule has 0 aromatic carbocycles. The summed E-state index contributed by atoms with van der Waals surface area (Å²) in [5, 5.41) is 13.0. The predicted molar refractivity (Wildman–Crippen MR) is 77.6 cm³/mol. The molecular weight excluding hydrogens is 274 g/mol. The second-order valence-corrected chi connectivity index (χ2v) is 5.32. The van der Waals surface area contributed by atoms with E-state index in [1.165, 1.54) is 4.68 Å². The highest BCUT2D eigenvalue weighted by atomic mass is 16.5. The summed E-state index contributed by atoms with van der Waals surface area (Å²) in [4.78, 5) is 24.8. The second-order valence-electron chi connectivity index (χ2n) is 5.32. The van der Waals surface area contributed by atoms with Gasteiger partial charge in [-0.05, 0) is 18.8 Å². The van der Waals surface area contributed by atoms with E-state index in [9.17, 15) is 9.59 Å². The van der Waals surface area contributed by atoms with Crippen molar-refractivity contribution in [3.63, 3.8) is 0 Å². The van der Waals surface area contributed by atoms with Crippen molar-refractivity contribution in [1.29, 1.82) is 0 Å². The van der Waals surface area contributed by atoms with Gasteiger partial charge in [-0.2, -0.15) is 5.10 Å². The fraction of sp³-hybridized carbons (Fsp3) is 0.643. The van der Waals surface area contributed by atoms with Crippen molar-refractivity contribution in [3.8, 4) is 0 Å². The number of piperidine rings is 1. The Kier molecular flexibility index (Phi) is 5.32. The number of hydrogen-bond donors (Lipinski definition) is 1. The monoisotopic (exact) mass is 295 g/mol. The molecule has 1 atom stereocenters. The van der Waals surface area contributed by atoms with Crippen LogP contribution in [0.3, 0.4) is 0 Å². The van der Waals surface area contributed by atoms with Crippen molar-refractivity contribution in [2.75, 3.05) is 31.7 Å². The van der Waals surface area contributed by atoms with Crippen LogP contribution in [0.1, 0.15) is 19.3 Å². The highest BCUT2D eigenvalue weighted by Crippen LogP contribution is 2.23. The van der Waals surface area contributed by atoms with Gasteiger partial charge in [0.25, 0.3) is 5.56 Å². The molecule has 7 nitrogen and oxygen atoms in total. The third-order valence-corrected chi connectivity index (χ3v) is 3.71. The van der Waals surface area contributed by atoms with Crippen LogP contribution in [0.5, 0.6) is 0 Å². The third-order valence-electron chi connectivity index (χ3n) is 3.71. The third kappa shape index (κ3) is 4.29. The van der Waals surface area contributed by atoms with E-state index in [4.69, 9.17) is 9.84 Å². The van der Waals surface area contributed by atoms with E-state index in [2.05, 4.69) is 5.10 Å². The molecule has 2 rings (SSSR count). The van der Waals surface area contributed by atoms with Crippen molar-refractivity contribution in [2.24, 2.45) is 5.92 Å². The maximum Gasteiger partial charge on any atom is 0.303 e. The first-order valence-electron chi connectivity index (χ1n) is 7.13. The van der Waals surface area contributed by atoms with E-state index >= 15 is 0 Å². The molecule has 0 bridgehead atoms. The molecule has 0 radical (unpaired) electrons. The van der Waals surface area contributed by atoms with Crippen LogP contribution in [-0.2, 0) is 16.1 Å². The van der Waals surface area contributed by atoms with Gasteiger partial charge in [-0.15, -0.1) is 0 Å². The molecule has 0 saturated carbocycles. The number of ether oxygens (including phenoxy) is 1. The fourth-order valence-corrected chi connectivity index (χ4v) is 2.66. The zero-order valence-electron chi connectivity index (χ0n) is 12.2. The minimum atomic E-state index is -0.769. The molecule has 1 N–H and O–H groups in total. The number of aliphatic carboxylic acids is 1. The number of aromatic nitrogens is 2. The summed E-state index contributed by atoms with van der Waals surface area (Å²) in [5.41, 5.74) is 0.605. The zero-order chi connectivity index (χ0) is 15.2. The number of hydrogen-bond acceptors (Lipinski definition) is 5. The van der Waals surface area contributed by atoms with E-state index in [-0.39, 0.29) is 17.9 Å². The van der Waals surface area contributed by atoms with Crippen LogP contribution in [-0.4, -0.2) is 47.7 Å². The summed E-state index contributed by atoms with van der Waals surface area (Å²) in [6.07, 6.45) is 3.70. The van der Waals surface area contributed by atoms with Crippen LogP contribution in [0, 0.1) is 5.92 Å². The Hall–Kier alpha value is -1.89. The lowest BCUT2D eigenvalue weighted by molar-refractivity contribution is -0.138. The van der Waals surface area contributed by atoms with Crippen LogP contribution >= 0.6 is 0 Å². The number of rotatable bonds is 6. The first-order chi connectivity index (χ1) is 10.1. The Balaban J connectivity index is 2.05. The van der Waals surface area contributed by atoms with Gasteiger partial charge in [0.05, 0.1) is 25.0 Å². The van der Waals surface area contributed by atoms with E-state index in [1.54, 1.807) is 19.4 Å². The summed E-state index contributed by atoms with van der Waals surface area (Å²) in [6.45, 7) is 2.36. The summed E-state index contributed by atoms with van der Waals surface area (Å²) >= 11 is 0. The highest BCUT2D eigenvalue weighted by molar-refractivity contribution is 5.67. The number of carboxylic acids is 1. The lowest BCUT2D eigenvalue weighted by Gasteiger charge is -2.33. The van der Waals surface area contributed by atoms with E-state index in [0.717, 1.165) is 25.1 Å². The van der Waals surface area contributed by atoms with Crippen molar-refractivity contribution in [1.82, 2.24) is 9.78 Å². The van der Waals surface area contributed by atoms with Gasteiger partial charge in [-0.3, -0.25) is 9.59 Å². The van der Waals surface area contributed by atoms with Gasteiger partial charge < -0.3 is 14.7 Å². The average Bonchev–Trinajstić information content (AvgIpc) is 2.45. The van der Waals surface area contributed by atoms with Crippen molar-refractivity contribution >= 4 is 11.7 Å². The average molecular weight is 295 g/mol. The lowest BCUT2D eigenvalue weighted by Crippen LogP contribution is -2.37. The molecule has 1 aliphatic heterocycles. The minimum Gasteiger partial charge on any atom is -0.481 e. The van der Waals surface area contributed by atoms with Crippen molar-refractivity contribution in [3.05, 3.63) is 22.6 Å². The van der Waals surface area contributed by atoms with E-state index in [1.807, 2.05) is 4.90 Å². The SMILES string of the molecule is COCCn1ncc(N2CCC[C@H](CC(=O)O)C2)cc1=O. The molecule has 2 heterocycles. The molecule has 1 aromatic rings. The molecule has 0 aliphatic carbocycles. The molecule has 1 aromatic heterocycles. The molecule has 1 aliphatic rings. The van der Waals surface area contributed by atoms with Crippen molar-refractivity contribution < 1.29 is 14.6 Å². The Morgan fingerprint density at radius 2 is 2.38 bits per heavy atom. The molecule has 0 spiro atoms. The largest absolute Gasteiger partial charge is 0.481 e. The quantitative estimate of drug-likeness (QED) is 0.826. The molecular formula is C14H21N3O4. The molecule has 1 fully saturated rings. The van der Waals surface area contributed by atoms with Crippen molar-refractivity contribution in [2.45, 2.75) is 25.8 Å². The molecule has 21 heavy (non-hydrogen) atoms. The predicted octanol–water partition coefficient (Wildman–Crippen LogP) is 0.581. The normalized spacial score (nSPS) is 18.7. The van der Waals surface area contributed by atoms with Gasteiger partial charge in [0, 0.05) is 32.7 Å². The Labute approximate surface area is 123 Å². The van der Waals surface area contributed by atoms with Gasteiger partial charge in [0.2, 0.25) is 0 Å². The number of carboxylic acid groups (broad SMARTS) is 1. The summed E-state index contributed by atoms with van der Waals surface area (Å²) in [5.74, 6) is -0.637. The maximum atomic E-state index is 12.0. The highest BCUT2D eigenvalue weighted by Gasteiger charge is 2.22. The van der Waals surface area contributed by atoms with E-state index < -0.39 is 5.97 Å². The van der Waals surface area contributed by atoms with Gasteiger partial charge in [-0.25, -0.2) is 4.68 Å². The molecule has 116 valence electrons. The van der Waals surface area contributed by atoms with Crippen LogP contribution < -0.4 is 10.5 Å². The zero-order valence-corrected chi connectivity index (χ0v) is 12.2. The summed E-state index contributed by atoms with van der Waals surface area (Å²) < 4.78 is 6.30. The standard InChI is InChI=1S/C14H21N3O4/c1-21-6-5-17-13(18)8-12(9-15-17)16-4-2-3-11(10-16)7-14(19)20/h8-9,11H,2-7,10H2,1H3,(H,19,20)/t11-/m1/s1. The van der Waals surface area contributed by atoms with Crippen LogP contribution in [0.2, 0.25) is 0 Å². The molecule has 0 unspecified atom stereocenters. The number of methoxy groups -OCH3 is 1. The van der Waals surface area contributed by atoms with Crippen LogP contribution in [0.15, 0.2) is 17.1 Å². The Morgan fingerprint density at radius 1 is 1.57 bits per heavy atom. The smallest absolute Gasteiger partial charge is 0.303 e. The topological polar surface area (TPSA) is 84.7 Å². The first-order valence-corrected chi connectivity index (χ1v) is 7.13. The minimum absolute atomic E-state index is 0.132. The van der Waals surface area contributed by atoms with Gasteiger partial charge in [-0.1, -0.05) is 0 Å². The lowest BCUT2D eigenvalue weighted by atomic mass is 9.94. The van der Waals surface area contributed by atoms with Gasteiger partial charge in [0.15, 0.2) is 0 Å². The summed E-state index contributed by atoms with van der Waals surface area (Å²) in [6, 6.07) is 1.56. The number of carbonyl (C=O) groups is 1. The molecule has 7 heteroatoms. The van der Waals surface area contributed by atoms with Gasteiger partial charge >= 0.3 is 5.97 Å². The maximum absolute atomic E-state index is 12.0. The summed E-state index contributed by atoms with van der Waals surface area (Å²) in [7, 11) is 1.58. The van der Waals surface area contributed by atoms with E-state index in [0.29, 0.717) is 19.7 Å². The van der Waals surface area contributed by atoms with Crippen LogP contribution in [0.4, 0.5) is 5.69 Å². The first kappa shape index (κ1) is 15.5. The number of anilines is 1. The Bertz CT molecular complexity index is 543. The second kappa shape index (κ2) is 7.21.